The van der Waals surface area contributed by atoms with E-state index in [1.807, 2.05) is 31.2 Å². The molecule has 1 aliphatic heterocycles. The lowest BCUT2D eigenvalue weighted by atomic mass is 10.0. The van der Waals surface area contributed by atoms with Gasteiger partial charge in [-0.1, -0.05) is 36.4 Å². The van der Waals surface area contributed by atoms with Crippen LogP contribution in [0.2, 0.25) is 0 Å². The van der Waals surface area contributed by atoms with Crippen LogP contribution in [0.15, 0.2) is 48.5 Å². The molecule has 0 unspecified atom stereocenters. The molecule has 0 spiro atoms. The number of carbonyl (C=O) groups is 1. The first-order valence-corrected chi connectivity index (χ1v) is 8.44. The fourth-order valence-corrected chi connectivity index (χ4v) is 3.24. The van der Waals surface area contributed by atoms with Crippen LogP contribution in [0.25, 0.3) is 0 Å². The Hall–Kier alpha value is -2.20. The number of aryl methyl sites for hydroxylation is 1. The first-order chi connectivity index (χ1) is 11.6. The van der Waals surface area contributed by atoms with Crippen molar-refractivity contribution in [3.05, 3.63) is 71.0 Å². The molecule has 24 heavy (non-hydrogen) atoms. The molecule has 1 amide bonds. The van der Waals surface area contributed by atoms with Crippen molar-refractivity contribution in [2.75, 3.05) is 13.1 Å². The van der Waals surface area contributed by atoms with Crippen molar-refractivity contribution in [3.63, 3.8) is 0 Å². The lowest BCUT2D eigenvalue weighted by Crippen LogP contribution is -2.45. The van der Waals surface area contributed by atoms with Gasteiger partial charge in [0.25, 0.3) is 0 Å². The monoisotopic (exact) mass is 326 g/mol. The van der Waals surface area contributed by atoms with Gasteiger partial charge in [0.05, 0.1) is 6.04 Å². The van der Waals surface area contributed by atoms with Gasteiger partial charge in [0.15, 0.2) is 0 Å². The van der Waals surface area contributed by atoms with Crippen LogP contribution in [0.4, 0.5) is 4.39 Å². The van der Waals surface area contributed by atoms with Gasteiger partial charge in [-0.25, -0.2) is 4.39 Å². The van der Waals surface area contributed by atoms with Crippen LogP contribution >= 0.6 is 0 Å². The lowest BCUT2D eigenvalue weighted by molar-refractivity contribution is -0.125. The second-order valence-electron chi connectivity index (χ2n) is 6.39. The Morgan fingerprint density at radius 3 is 2.75 bits per heavy atom. The molecule has 1 aliphatic rings. The van der Waals surface area contributed by atoms with Gasteiger partial charge in [0.1, 0.15) is 5.82 Å². The Morgan fingerprint density at radius 2 is 2.00 bits per heavy atom. The molecule has 4 heteroatoms. The summed E-state index contributed by atoms with van der Waals surface area (Å²) < 4.78 is 13.3. The van der Waals surface area contributed by atoms with E-state index in [4.69, 9.17) is 0 Å². The Labute approximate surface area is 142 Å². The van der Waals surface area contributed by atoms with Gasteiger partial charge in [-0.05, 0) is 48.6 Å². The van der Waals surface area contributed by atoms with E-state index in [0.717, 1.165) is 29.7 Å². The van der Waals surface area contributed by atoms with Gasteiger partial charge in [-0.2, -0.15) is 0 Å². The highest BCUT2D eigenvalue weighted by Gasteiger charge is 2.28. The molecule has 1 saturated heterocycles. The fourth-order valence-electron chi connectivity index (χ4n) is 3.24. The predicted octanol–water partition coefficient (Wildman–Crippen LogP) is 3.07. The average molecular weight is 326 g/mol. The Kier molecular flexibility index (Phi) is 5.26. The van der Waals surface area contributed by atoms with Crippen molar-refractivity contribution < 1.29 is 9.18 Å². The number of hydrogen-bond acceptors (Lipinski definition) is 2. The number of halogens is 1. The summed E-state index contributed by atoms with van der Waals surface area (Å²) in [5.41, 5.74) is 3.16. The number of carbonyl (C=O) groups excluding carboxylic acids is 1. The van der Waals surface area contributed by atoms with Crippen LogP contribution in [0.3, 0.4) is 0 Å². The van der Waals surface area contributed by atoms with Crippen LogP contribution in [0.1, 0.15) is 23.1 Å². The maximum Gasteiger partial charge on any atom is 0.237 e. The molecule has 126 valence electrons. The van der Waals surface area contributed by atoms with Crippen LogP contribution in [-0.2, 0) is 17.8 Å². The third-order valence-corrected chi connectivity index (χ3v) is 4.61. The SMILES string of the molecule is Cc1cc(F)ccc1CN1CCCNC(=O)[C@@H]1Cc1ccccc1. The number of hydrogen-bond donors (Lipinski definition) is 1. The van der Waals surface area contributed by atoms with Crippen molar-refractivity contribution in [2.45, 2.75) is 32.4 Å². The second kappa shape index (κ2) is 7.58. The minimum absolute atomic E-state index is 0.0797. The molecule has 2 aromatic carbocycles. The zero-order chi connectivity index (χ0) is 16.9. The first kappa shape index (κ1) is 16.7. The van der Waals surface area contributed by atoms with Gasteiger partial charge >= 0.3 is 0 Å². The standard InChI is InChI=1S/C20H23FN2O/c1-15-12-18(21)9-8-17(15)14-23-11-5-10-22-20(24)19(23)13-16-6-3-2-4-7-16/h2-4,6-9,12,19H,5,10-11,13-14H2,1H3,(H,22,24)/t19-/m0/s1. The van der Waals surface area contributed by atoms with E-state index >= 15 is 0 Å². The average Bonchev–Trinajstić information content (AvgIpc) is 2.74. The molecule has 0 radical (unpaired) electrons. The van der Waals surface area contributed by atoms with Crippen molar-refractivity contribution in [1.29, 1.82) is 0 Å². The van der Waals surface area contributed by atoms with Crippen LogP contribution in [0.5, 0.6) is 0 Å². The Balaban J connectivity index is 1.82. The maximum atomic E-state index is 13.3. The highest BCUT2D eigenvalue weighted by Crippen LogP contribution is 2.18. The first-order valence-electron chi connectivity index (χ1n) is 8.44. The van der Waals surface area contributed by atoms with E-state index in [9.17, 15) is 9.18 Å². The zero-order valence-corrected chi connectivity index (χ0v) is 14.0. The summed E-state index contributed by atoms with van der Waals surface area (Å²) in [4.78, 5) is 14.8. The lowest BCUT2D eigenvalue weighted by Gasteiger charge is -2.29. The number of nitrogens with one attached hydrogen (secondary N) is 1. The molecule has 1 atom stereocenters. The molecule has 0 aliphatic carbocycles. The van der Waals surface area contributed by atoms with Crippen molar-refractivity contribution in [2.24, 2.45) is 0 Å². The summed E-state index contributed by atoms with van der Waals surface area (Å²) in [7, 11) is 0. The summed E-state index contributed by atoms with van der Waals surface area (Å²) in [5, 5.41) is 3.01. The van der Waals surface area contributed by atoms with Crippen LogP contribution in [0, 0.1) is 12.7 Å². The molecule has 0 saturated carbocycles. The van der Waals surface area contributed by atoms with E-state index in [2.05, 4.69) is 22.3 Å². The van der Waals surface area contributed by atoms with Gasteiger partial charge in [-0.3, -0.25) is 9.69 Å². The third kappa shape index (κ3) is 4.01. The van der Waals surface area contributed by atoms with E-state index in [-0.39, 0.29) is 17.8 Å². The minimum Gasteiger partial charge on any atom is -0.355 e. The predicted molar refractivity (Wildman–Crippen MR) is 93.1 cm³/mol. The van der Waals surface area contributed by atoms with Gasteiger partial charge in [-0.15, -0.1) is 0 Å². The quantitative estimate of drug-likeness (QED) is 0.936. The van der Waals surface area contributed by atoms with Crippen molar-refractivity contribution in [1.82, 2.24) is 10.2 Å². The number of rotatable bonds is 4. The molecule has 1 fully saturated rings. The highest BCUT2D eigenvalue weighted by molar-refractivity contribution is 5.82. The van der Waals surface area contributed by atoms with Gasteiger partial charge in [0, 0.05) is 19.6 Å². The van der Waals surface area contributed by atoms with Gasteiger partial charge in [0.2, 0.25) is 5.91 Å². The fraction of sp³-hybridized carbons (Fsp3) is 0.350. The number of amides is 1. The maximum absolute atomic E-state index is 13.3. The number of benzene rings is 2. The smallest absolute Gasteiger partial charge is 0.237 e. The molecule has 3 nitrogen and oxygen atoms in total. The molecular weight excluding hydrogens is 303 g/mol. The summed E-state index contributed by atoms with van der Waals surface area (Å²) in [6.07, 6.45) is 1.62. The molecule has 3 rings (SSSR count). The van der Waals surface area contributed by atoms with E-state index < -0.39 is 0 Å². The molecule has 0 bridgehead atoms. The molecule has 1 heterocycles. The minimum atomic E-state index is -0.217. The Morgan fingerprint density at radius 1 is 1.21 bits per heavy atom. The summed E-state index contributed by atoms with van der Waals surface area (Å²) in [5.74, 6) is -0.137. The largest absolute Gasteiger partial charge is 0.355 e. The topological polar surface area (TPSA) is 32.3 Å². The molecule has 0 aromatic heterocycles. The molecule has 2 aromatic rings. The summed E-state index contributed by atoms with van der Waals surface area (Å²) in [6, 6.07) is 14.8. The highest BCUT2D eigenvalue weighted by atomic mass is 19.1. The van der Waals surface area contributed by atoms with Crippen LogP contribution < -0.4 is 5.32 Å². The van der Waals surface area contributed by atoms with Gasteiger partial charge < -0.3 is 5.32 Å². The third-order valence-electron chi connectivity index (χ3n) is 4.61. The normalized spacial score (nSPS) is 18.9. The summed E-state index contributed by atoms with van der Waals surface area (Å²) in [6.45, 7) is 4.15. The summed E-state index contributed by atoms with van der Waals surface area (Å²) >= 11 is 0. The van der Waals surface area contributed by atoms with E-state index in [0.29, 0.717) is 19.5 Å². The number of nitrogens with zero attached hydrogens (tertiary/aromatic N) is 1. The second-order valence-corrected chi connectivity index (χ2v) is 6.39. The van der Waals surface area contributed by atoms with Crippen molar-refractivity contribution in [3.8, 4) is 0 Å². The Bertz CT molecular complexity index is 702. The zero-order valence-electron chi connectivity index (χ0n) is 14.0. The van der Waals surface area contributed by atoms with Crippen LogP contribution in [-0.4, -0.2) is 29.9 Å². The van der Waals surface area contributed by atoms with E-state index in [1.165, 1.54) is 6.07 Å². The molecular formula is C20H23FN2O. The molecule has 1 N–H and O–H groups in total. The van der Waals surface area contributed by atoms with E-state index in [1.54, 1.807) is 6.07 Å². The van der Waals surface area contributed by atoms with Crippen molar-refractivity contribution >= 4 is 5.91 Å².